The molecular formula is C37H48ClN3O6S. The molecule has 11 heteroatoms. The molecule has 2 bridgehead atoms. The third-order valence-electron chi connectivity index (χ3n) is 11.1. The molecule has 6 atom stereocenters. The van der Waals surface area contributed by atoms with Crippen LogP contribution in [0.1, 0.15) is 67.4 Å². The minimum absolute atomic E-state index is 0.212. The number of sulfonamides is 1. The first kappa shape index (κ1) is 34.9. The van der Waals surface area contributed by atoms with Crippen molar-refractivity contribution in [1.82, 2.24) is 10.0 Å². The molecule has 0 radical (unpaired) electrons. The van der Waals surface area contributed by atoms with Crippen LogP contribution < -0.4 is 19.7 Å². The molecule has 1 saturated carbocycles. The standard InChI is InChI=1S/C33H39ClN2O5S.C4H9NO/c1-21-5-3-6-26(18-37)28-11-8-25(28)17-36-19-33(14-4-7-23-15-27(34)10-12-29(23)33)20-41-31-13-9-24(16-30(31)36)32(38)35-42(39,40)22(21)2;1-3-6-4-2-5-1/h3,6,9-10,12-13,15-16,18,21-22,25-26,28H,4-5,7-8,11,14,17,19-20H2,1-2H3,(H,35,38);5H,1-4H2/b6-3+;/t21-,22+,25-,26?,28+,33-;/m0./s1. The highest BCUT2D eigenvalue weighted by atomic mass is 35.5. The van der Waals surface area contributed by atoms with Gasteiger partial charge in [-0.15, -0.1) is 0 Å². The van der Waals surface area contributed by atoms with Gasteiger partial charge in [-0.2, -0.15) is 0 Å². The van der Waals surface area contributed by atoms with Gasteiger partial charge in [0.2, 0.25) is 10.0 Å². The summed E-state index contributed by atoms with van der Waals surface area (Å²) in [5.74, 6) is 0.121. The lowest BCUT2D eigenvalue weighted by Crippen LogP contribution is -2.49. The monoisotopic (exact) mass is 697 g/mol. The second-order valence-electron chi connectivity index (χ2n) is 14.2. The number of rotatable bonds is 1. The number of aryl methyl sites for hydroxylation is 1. The van der Waals surface area contributed by atoms with E-state index in [4.69, 9.17) is 21.1 Å². The van der Waals surface area contributed by atoms with E-state index in [1.807, 2.05) is 25.1 Å². The molecule has 1 amide bonds. The number of anilines is 1. The van der Waals surface area contributed by atoms with Gasteiger partial charge in [-0.25, -0.2) is 13.1 Å². The SMILES string of the molecule is C1COCCN1.C[C@@H]1[C@@H](C)C/C=C/C(C=O)[C@@H]2CC[C@H]2CN2C[C@@]3(CCCc4cc(Cl)ccc43)COc3ccc(cc32)C(=O)NS1(=O)=O. The summed E-state index contributed by atoms with van der Waals surface area (Å²) < 4.78 is 40.2. The van der Waals surface area contributed by atoms with Crippen molar-refractivity contribution in [2.24, 2.45) is 23.7 Å². The van der Waals surface area contributed by atoms with Gasteiger partial charge in [0.15, 0.2) is 0 Å². The number of nitrogens with zero attached hydrogens (tertiary/aromatic N) is 1. The number of aldehydes is 1. The predicted octanol–water partition coefficient (Wildman–Crippen LogP) is 5.30. The molecule has 2 fully saturated rings. The third-order valence-corrected chi connectivity index (χ3v) is 13.3. The minimum Gasteiger partial charge on any atom is -0.490 e. The van der Waals surface area contributed by atoms with Crippen LogP contribution in [0.4, 0.5) is 5.69 Å². The van der Waals surface area contributed by atoms with Crippen LogP contribution >= 0.6 is 11.6 Å². The summed E-state index contributed by atoms with van der Waals surface area (Å²) in [7, 11) is -3.92. The van der Waals surface area contributed by atoms with E-state index in [1.165, 1.54) is 11.1 Å². The van der Waals surface area contributed by atoms with E-state index in [0.29, 0.717) is 31.2 Å². The second-order valence-corrected chi connectivity index (χ2v) is 16.7. The first-order chi connectivity index (χ1) is 23.1. The van der Waals surface area contributed by atoms with Crippen molar-refractivity contribution in [3.63, 3.8) is 0 Å². The molecule has 3 aliphatic heterocycles. The molecule has 48 heavy (non-hydrogen) atoms. The normalized spacial score (nSPS) is 32.0. The largest absolute Gasteiger partial charge is 0.490 e. The Morgan fingerprint density at radius 1 is 1.08 bits per heavy atom. The predicted molar refractivity (Wildman–Crippen MR) is 188 cm³/mol. The number of halogens is 1. The Kier molecular flexibility index (Phi) is 10.8. The molecule has 2 N–H and O–H groups in total. The number of hydrogen-bond donors (Lipinski definition) is 2. The topological polar surface area (TPSA) is 114 Å². The third kappa shape index (κ3) is 7.47. The summed E-state index contributed by atoms with van der Waals surface area (Å²) in [6.45, 7) is 9.22. The Bertz CT molecular complexity index is 1620. The Labute approximate surface area is 289 Å². The van der Waals surface area contributed by atoms with E-state index in [2.05, 4.69) is 27.1 Å². The number of amides is 1. The zero-order valence-electron chi connectivity index (χ0n) is 28.0. The number of fused-ring (bicyclic) bond motifs is 4. The maximum Gasteiger partial charge on any atom is 0.264 e. The van der Waals surface area contributed by atoms with Gasteiger partial charge < -0.3 is 24.5 Å². The first-order valence-corrected chi connectivity index (χ1v) is 19.3. The van der Waals surface area contributed by atoms with E-state index >= 15 is 0 Å². The van der Waals surface area contributed by atoms with Gasteiger partial charge in [-0.3, -0.25) is 4.79 Å². The van der Waals surface area contributed by atoms with Gasteiger partial charge in [0.1, 0.15) is 12.0 Å². The van der Waals surface area contributed by atoms with Crippen molar-refractivity contribution < 1.29 is 27.5 Å². The van der Waals surface area contributed by atoms with Gasteiger partial charge in [0, 0.05) is 48.1 Å². The molecule has 0 aromatic heterocycles. The van der Waals surface area contributed by atoms with Crippen LogP contribution in [-0.2, 0) is 31.4 Å². The molecule has 7 rings (SSSR count). The molecule has 260 valence electrons. The molecule has 2 aromatic carbocycles. The summed E-state index contributed by atoms with van der Waals surface area (Å²) in [6.07, 6.45) is 10.4. The maximum atomic E-state index is 13.3. The first-order valence-electron chi connectivity index (χ1n) is 17.4. The lowest BCUT2D eigenvalue weighted by Gasteiger charge is -2.45. The summed E-state index contributed by atoms with van der Waals surface area (Å²) in [5.41, 5.74) is 3.30. The Balaban J connectivity index is 0.000000604. The lowest BCUT2D eigenvalue weighted by molar-refractivity contribution is -0.112. The van der Waals surface area contributed by atoms with E-state index in [9.17, 15) is 18.0 Å². The fourth-order valence-corrected chi connectivity index (χ4v) is 9.38. The highest BCUT2D eigenvalue weighted by Crippen LogP contribution is 2.47. The molecule has 2 aliphatic carbocycles. The van der Waals surface area contributed by atoms with E-state index in [-0.39, 0.29) is 28.7 Å². The number of benzene rings is 2. The van der Waals surface area contributed by atoms with E-state index < -0.39 is 21.2 Å². The molecule has 1 saturated heterocycles. The Hall–Kier alpha value is -2.92. The fraction of sp³-hybridized carbons (Fsp3) is 0.568. The number of ether oxygens (including phenoxy) is 2. The Morgan fingerprint density at radius 2 is 1.90 bits per heavy atom. The van der Waals surface area contributed by atoms with Crippen LogP contribution in [0.5, 0.6) is 5.75 Å². The summed E-state index contributed by atoms with van der Waals surface area (Å²) in [4.78, 5) is 27.9. The van der Waals surface area contributed by atoms with Crippen LogP contribution in [0.25, 0.3) is 0 Å². The summed E-state index contributed by atoms with van der Waals surface area (Å²) >= 11 is 6.39. The smallest absolute Gasteiger partial charge is 0.264 e. The quantitative estimate of drug-likeness (QED) is 0.305. The zero-order chi connectivity index (χ0) is 33.9. The number of allylic oxidation sites excluding steroid dienone is 2. The minimum atomic E-state index is -3.92. The summed E-state index contributed by atoms with van der Waals surface area (Å²) in [6, 6.07) is 11.4. The highest BCUT2D eigenvalue weighted by molar-refractivity contribution is 7.90. The number of carbonyl (C=O) groups excluding carboxylic acids is 2. The molecule has 1 unspecified atom stereocenters. The molecular weight excluding hydrogens is 650 g/mol. The van der Waals surface area contributed by atoms with Crippen LogP contribution in [0, 0.1) is 23.7 Å². The van der Waals surface area contributed by atoms with Crippen molar-refractivity contribution in [3.05, 3.63) is 70.3 Å². The van der Waals surface area contributed by atoms with Crippen LogP contribution in [-0.4, -0.2) is 71.9 Å². The van der Waals surface area contributed by atoms with E-state index in [0.717, 1.165) is 81.9 Å². The van der Waals surface area contributed by atoms with Crippen molar-refractivity contribution in [2.45, 2.75) is 63.0 Å². The summed E-state index contributed by atoms with van der Waals surface area (Å²) in [5, 5.41) is 3.10. The molecule has 5 aliphatic rings. The zero-order valence-corrected chi connectivity index (χ0v) is 29.5. The van der Waals surface area contributed by atoms with Crippen molar-refractivity contribution >= 4 is 39.5 Å². The molecule has 3 heterocycles. The van der Waals surface area contributed by atoms with Gasteiger partial charge in [0.05, 0.1) is 30.8 Å². The van der Waals surface area contributed by atoms with Gasteiger partial charge in [0.25, 0.3) is 5.91 Å². The second kappa shape index (κ2) is 14.9. The fourth-order valence-electron chi connectivity index (χ4n) is 7.90. The lowest BCUT2D eigenvalue weighted by atomic mass is 9.66. The van der Waals surface area contributed by atoms with Gasteiger partial charge in [-0.05, 0) is 105 Å². The van der Waals surface area contributed by atoms with Gasteiger partial charge in [-0.1, -0.05) is 36.7 Å². The van der Waals surface area contributed by atoms with Crippen LogP contribution in [0.3, 0.4) is 0 Å². The average molecular weight is 698 g/mol. The average Bonchev–Trinajstić information content (AvgIpc) is 3.22. The van der Waals surface area contributed by atoms with E-state index in [1.54, 1.807) is 25.1 Å². The maximum absolute atomic E-state index is 13.3. The number of morpholine rings is 1. The number of hydrogen-bond acceptors (Lipinski definition) is 8. The number of nitrogens with one attached hydrogen (secondary N) is 2. The van der Waals surface area contributed by atoms with Crippen LogP contribution in [0.2, 0.25) is 5.02 Å². The molecule has 2 aromatic rings. The Morgan fingerprint density at radius 3 is 2.58 bits per heavy atom. The van der Waals surface area contributed by atoms with Gasteiger partial charge >= 0.3 is 0 Å². The highest BCUT2D eigenvalue weighted by Gasteiger charge is 2.44. The van der Waals surface area contributed by atoms with Crippen molar-refractivity contribution in [1.29, 1.82) is 0 Å². The molecule has 9 nitrogen and oxygen atoms in total. The van der Waals surface area contributed by atoms with Crippen molar-refractivity contribution in [2.75, 3.05) is 50.9 Å². The molecule has 1 spiro atoms. The van der Waals surface area contributed by atoms with Crippen LogP contribution in [0.15, 0.2) is 48.6 Å². The van der Waals surface area contributed by atoms with Crippen molar-refractivity contribution in [3.8, 4) is 5.75 Å². The number of carbonyl (C=O) groups is 2.